The second-order valence-corrected chi connectivity index (χ2v) is 7.98. The number of rotatable bonds is 7. The first-order chi connectivity index (χ1) is 13.1. The van der Waals surface area contributed by atoms with E-state index in [4.69, 9.17) is 9.47 Å². The maximum absolute atomic E-state index is 11.6. The maximum Gasteiger partial charge on any atom is 0.248 e. The summed E-state index contributed by atoms with van der Waals surface area (Å²) in [6, 6.07) is 8.62. The summed E-state index contributed by atoms with van der Waals surface area (Å²) in [6.07, 6.45) is 3.31. The van der Waals surface area contributed by atoms with Crippen molar-refractivity contribution in [2.75, 3.05) is 47.0 Å². The molecule has 0 spiro atoms. The minimum Gasteiger partial charge on any atom is -0.376 e. The number of H-pyrrole nitrogens is 1. The summed E-state index contributed by atoms with van der Waals surface area (Å²) in [7, 11) is 3.50. The van der Waals surface area contributed by atoms with Crippen LogP contribution in [0.25, 0.3) is 10.9 Å². The predicted molar refractivity (Wildman–Crippen MR) is 104 cm³/mol. The Hall–Kier alpha value is -1.89. The summed E-state index contributed by atoms with van der Waals surface area (Å²) in [6.45, 7) is 4.66. The van der Waals surface area contributed by atoms with Gasteiger partial charge in [-0.15, -0.1) is 0 Å². The van der Waals surface area contributed by atoms with Crippen LogP contribution in [0.1, 0.15) is 12.0 Å². The van der Waals surface area contributed by atoms with E-state index in [-0.39, 0.29) is 12.5 Å². The van der Waals surface area contributed by atoms with Gasteiger partial charge in [0.1, 0.15) is 6.61 Å². The predicted octanol–water partition coefficient (Wildman–Crippen LogP) is 2.11. The molecule has 2 saturated heterocycles. The highest BCUT2D eigenvalue weighted by Crippen LogP contribution is 2.36. The Balaban J connectivity index is 1.28. The first-order valence-corrected chi connectivity index (χ1v) is 9.78. The second-order valence-electron chi connectivity index (χ2n) is 7.98. The van der Waals surface area contributed by atoms with Crippen molar-refractivity contribution < 1.29 is 14.3 Å². The number of carbonyl (C=O) groups excluding carboxylic acids is 1. The summed E-state index contributed by atoms with van der Waals surface area (Å²) in [5.74, 6) is 1.11. The maximum atomic E-state index is 11.6. The molecule has 2 aliphatic heterocycles. The van der Waals surface area contributed by atoms with Gasteiger partial charge in [0.05, 0.1) is 12.7 Å². The van der Waals surface area contributed by atoms with Gasteiger partial charge in [-0.1, -0.05) is 12.1 Å². The summed E-state index contributed by atoms with van der Waals surface area (Å²) in [5, 5.41) is 1.31. The SMILES string of the molecule is CN(C)C(=O)COCC[C@H]1CO[C@H]2CN(Cc3cccc4[nH]ccc34)C[C@@H]12. The van der Waals surface area contributed by atoms with Crippen LogP contribution >= 0.6 is 0 Å². The quantitative estimate of drug-likeness (QED) is 0.758. The molecule has 6 heteroatoms. The monoisotopic (exact) mass is 371 g/mol. The lowest BCUT2D eigenvalue weighted by atomic mass is 9.91. The molecule has 3 heterocycles. The van der Waals surface area contributed by atoms with Crippen LogP contribution in [0.4, 0.5) is 0 Å². The molecule has 1 aromatic carbocycles. The normalized spacial score (nSPS) is 25.2. The van der Waals surface area contributed by atoms with Crippen molar-refractivity contribution in [2.24, 2.45) is 11.8 Å². The van der Waals surface area contributed by atoms with Crippen LogP contribution < -0.4 is 0 Å². The Kier molecular flexibility index (Phi) is 5.48. The van der Waals surface area contributed by atoms with Crippen molar-refractivity contribution in [1.82, 2.24) is 14.8 Å². The van der Waals surface area contributed by atoms with E-state index in [1.807, 2.05) is 6.20 Å². The fraction of sp³-hybridized carbons (Fsp3) is 0.571. The molecule has 1 amide bonds. The van der Waals surface area contributed by atoms with Gasteiger partial charge in [-0.3, -0.25) is 9.69 Å². The molecular formula is C21H29N3O3. The number of benzene rings is 1. The van der Waals surface area contributed by atoms with Crippen molar-refractivity contribution in [3.63, 3.8) is 0 Å². The number of nitrogens with one attached hydrogen (secondary N) is 1. The molecule has 0 unspecified atom stereocenters. The molecule has 2 fully saturated rings. The number of hydrogen-bond donors (Lipinski definition) is 1. The molecule has 27 heavy (non-hydrogen) atoms. The number of aromatic amines is 1. The van der Waals surface area contributed by atoms with Crippen LogP contribution in [0.2, 0.25) is 0 Å². The summed E-state index contributed by atoms with van der Waals surface area (Å²) in [4.78, 5) is 18.9. The largest absolute Gasteiger partial charge is 0.376 e. The van der Waals surface area contributed by atoms with E-state index >= 15 is 0 Å². The topological polar surface area (TPSA) is 57.8 Å². The van der Waals surface area contributed by atoms with E-state index < -0.39 is 0 Å². The summed E-state index contributed by atoms with van der Waals surface area (Å²) >= 11 is 0. The zero-order valence-electron chi connectivity index (χ0n) is 16.2. The van der Waals surface area contributed by atoms with E-state index in [1.54, 1.807) is 19.0 Å². The molecule has 2 aromatic rings. The lowest BCUT2D eigenvalue weighted by Crippen LogP contribution is -2.27. The number of ether oxygens (including phenoxy) is 2. The first-order valence-electron chi connectivity index (χ1n) is 9.78. The van der Waals surface area contributed by atoms with Crippen LogP contribution in [-0.4, -0.2) is 73.8 Å². The lowest BCUT2D eigenvalue weighted by Gasteiger charge is -2.20. The van der Waals surface area contributed by atoms with Gasteiger partial charge >= 0.3 is 0 Å². The molecular weight excluding hydrogens is 342 g/mol. The van der Waals surface area contributed by atoms with Crippen LogP contribution in [0.3, 0.4) is 0 Å². The third-order valence-electron chi connectivity index (χ3n) is 5.95. The van der Waals surface area contributed by atoms with E-state index in [9.17, 15) is 4.79 Å². The second kappa shape index (κ2) is 8.00. The number of likely N-dealkylation sites (tertiary alicyclic amines) is 1. The van der Waals surface area contributed by atoms with Gasteiger partial charge in [-0.05, 0) is 30.0 Å². The number of nitrogens with zero attached hydrogens (tertiary/aromatic N) is 2. The molecule has 0 aliphatic carbocycles. The van der Waals surface area contributed by atoms with Crippen molar-refractivity contribution in [3.8, 4) is 0 Å². The van der Waals surface area contributed by atoms with Gasteiger partial charge in [-0.25, -0.2) is 0 Å². The van der Waals surface area contributed by atoms with Crippen LogP contribution in [0.15, 0.2) is 30.5 Å². The number of carbonyl (C=O) groups is 1. The molecule has 146 valence electrons. The average Bonchev–Trinajstić information content (AvgIpc) is 3.35. The number of amides is 1. The van der Waals surface area contributed by atoms with Gasteiger partial charge in [0.2, 0.25) is 5.91 Å². The Labute approximate surface area is 160 Å². The highest BCUT2D eigenvalue weighted by molar-refractivity contribution is 5.82. The van der Waals surface area contributed by atoms with Gasteiger partial charge in [0.25, 0.3) is 0 Å². The molecule has 0 bridgehead atoms. The van der Waals surface area contributed by atoms with Crippen LogP contribution in [0.5, 0.6) is 0 Å². The zero-order valence-corrected chi connectivity index (χ0v) is 16.2. The molecule has 1 N–H and O–H groups in total. The molecule has 6 nitrogen and oxygen atoms in total. The Bertz CT molecular complexity index is 788. The number of aromatic nitrogens is 1. The number of hydrogen-bond acceptors (Lipinski definition) is 4. The van der Waals surface area contributed by atoms with Gasteiger partial charge in [0.15, 0.2) is 0 Å². The third kappa shape index (κ3) is 4.03. The third-order valence-corrected chi connectivity index (χ3v) is 5.95. The molecule has 3 atom stereocenters. The highest BCUT2D eigenvalue weighted by atomic mass is 16.5. The van der Waals surface area contributed by atoms with Crippen molar-refractivity contribution >= 4 is 16.8 Å². The Morgan fingerprint density at radius 1 is 1.33 bits per heavy atom. The minimum absolute atomic E-state index is 0.0153. The zero-order chi connectivity index (χ0) is 18.8. The molecule has 0 saturated carbocycles. The molecule has 4 rings (SSSR count). The minimum atomic E-state index is 0.0153. The summed E-state index contributed by atoms with van der Waals surface area (Å²) < 4.78 is 11.6. The van der Waals surface area contributed by atoms with E-state index in [1.165, 1.54) is 16.5 Å². The Morgan fingerprint density at radius 2 is 2.22 bits per heavy atom. The lowest BCUT2D eigenvalue weighted by molar-refractivity contribution is -0.133. The van der Waals surface area contributed by atoms with E-state index in [0.29, 0.717) is 24.5 Å². The first kappa shape index (κ1) is 18.5. The van der Waals surface area contributed by atoms with Crippen molar-refractivity contribution in [2.45, 2.75) is 19.1 Å². The van der Waals surface area contributed by atoms with Crippen LogP contribution in [0, 0.1) is 11.8 Å². The molecule has 2 aliphatic rings. The standard InChI is InChI=1S/C21H29N3O3/c1-23(2)21(25)14-26-9-7-16-13-27-20-12-24(11-18(16)20)10-15-4-3-5-19-17(15)6-8-22-19/h3-6,8,16,18,20,22H,7,9-14H2,1-2H3/t16-,18-,20-/m0/s1. The molecule has 0 radical (unpaired) electrons. The number of fused-ring (bicyclic) bond motifs is 2. The number of likely N-dealkylation sites (N-methyl/N-ethyl adjacent to an activating group) is 1. The Morgan fingerprint density at radius 3 is 3.07 bits per heavy atom. The van der Waals surface area contributed by atoms with Crippen LogP contribution in [-0.2, 0) is 20.8 Å². The van der Waals surface area contributed by atoms with E-state index in [2.05, 4.69) is 34.1 Å². The van der Waals surface area contributed by atoms with Gasteiger partial charge in [-0.2, -0.15) is 0 Å². The average molecular weight is 371 g/mol. The smallest absolute Gasteiger partial charge is 0.248 e. The fourth-order valence-corrected chi connectivity index (χ4v) is 4.36. The van der Waals surface area contributed by atoms with Gasteiger partial charge in [0, 0.05) is 63.4 Å². The van der Waals surface area contributed by atoms with Crippen molar-refractivity contribution in [3.05, 3.63) is 36.0 Å². The highest BCUT2D eigenvalue weighted by Gasteiger charge is 2.43. The van der Waals surface area contributed by atoms with Crippen molar-refractivity contribution in [1.29, 1.82) is 0 Å². The van der Waals surface area contributed by atoms with Gasteiger partial charge < -0.3 is 19.4 Å². The fourth-order valence-electron chi connectivity index (χ4n) is 4.36. The summed E-state index contributed by atoms with van der Waals surface area (Å²) in [5.41, 5.74) is 2.57. The molecule has 1 aromatic heterocycles. The van der Waals surface area contributed by atoms with E-state index in [0.717, 1.165) is 32.7 Å².